The zero-order valence-electron chi connectivity index (χ0n) is 10.8. The second kappa shape index (κ2) is 4.89. The number of carbonyl (C=O) groups excluding carboxylic acids is 1. The van der Waals surface area contributed by atoms with Crippen LogP contribution >= 0.6 is 11.3 Å². The molecule has 2 N–H and O–H groups in total. The van der Waals surface area contributed by atoms with Crippen molar-refractivity contribution in [1.82, 2.24) is 20.4 Å². The molecule has 0 saturated carbocycles. The lowest BCUT2D eigenvalue weighted by Gasteiger charge is -1.97. The maximum Gasteiger partial charge on any atom is 0.279 e. The number of aryl methyl sites for hydroxylation is 1. The van der Waals surface area contributed by atoms with Gasteiger partial charge in [-0.2, -0.15) is 15.4 Å². The fraction of sp³-hybridized carbons (Fsp3) is 0.167. The molecule has 0 aliphatic heterocycles. The van der Waals surface area contributed by atoms with E-state index in [9.17, 15) is 4.79 Å². The Morgan fingerprint density at radius 3 is 2.95 bits per heavy atom. The predicted octanol–water partition coefficient (Wildman–Crippen LogP) is 1.98. The number of nitrogens with one attached hydrogen (secondary N) is 2. The second-order valence-corrected chi connectivity index (χ2v) is 5.10. The second-order valence-electron chi connectivity index (χ2n) is 4.06. The third-order valence-corrected chi connectivity index (χ3v) is 3.69. The Labute approximate surface area is 118 Å². The zero-order valence-corrected chi connectivity index (χ0v) is 11.6. The minimum Gasteiger partial charge on any atom is -0.497 e. The molecule has 1 amide bonds. The number of rotatable bonds is 3. The average Bonchev–Trinajstić information content (AvgIpc) is 3.03. The first-order valence-corrected chi connectivity index (χ1v) is 6.62. The molecule has 20 heavy (non-hydrogen) atoms. The Bertz CT molecular complexity index is 779. The Kier molecular flexibility index (Phi) is 3.07. The topological polar surface area (TPSA) is 92.8 Å². The van der Waals surface area contributed by atoms with Crippen LogP contribution in [0.25, 0.3) is 10.2 Å². The summed E-state index contributed by atoms with van der Waals surface area (Å²) < 4.78 is 6.10. The van der Waals surface area contributed by atoms with E-state index in [2.05, 4.69) is 25.7 Å². The molecule has 8 heteroatoms. The molecule has 0 unspecified atom stereocenters. The van der Waals surface area contributed by atoms with Crippen molar-refractivity contribution < 1.29 is 9.53 Å². The molecule has 0 spiro atoms. The van der Waals surface area contributed by atoms with Gasteiger partial charge in [-0.15, -0.1) is 0 Å². The quantitative estimate of drug-likeness (QED) is 0.769. The van der Waals surface area contributed by atoms with Crippen molar-refractivity contribution in [2.24, 2.45) is 0 Å². The molecule has 1 aromatic carbocycles. The van der Waals surface area contributed by atoms with Crippen LogP contribution in [-0.2, 0) is 0 Å². The highest BCUT2D eigenvalue weighted by atomic mass is 32.1. The standard InChI is InChI=1S/C12H11N5O2S/c1-6-10(16-17-15-6)11(18)14-12-13-8-4-3-7(19-2)5-9(8)20-12/h3-5H,1-2H3,(H,13,14,18)(H,15,16,17). The SMILES string of the molecule is COc1ccc2nc(NC(=O)c3n[nH]nc3C)sc2c1. The smallest absolute Gasteiger partial charge is 0.279 e. The van der Waals surface area contributed by atoms with Gasteiger partial charge in [-0.3, -0.25) is 10.1 Å². The summed E-state index contributed by atoms with van der Waals surface area (Å²) in [5.74, 6) is 0.425. The van der Waals surface area contributed by atoms with E-state index in [1.807, 2.05) is 18.2 Å². The first-order valence-electron chi connectivity index (χ1n) is 5.80. The monoisotopic (exact) mass is 289 g/mol. The van der Waals surface area contributed by atoms with E-state index in [1.54, 1.807) is 14.0 Å². The number of benzene rings is 1. The summed E-state index contributed by atoms with van der Waals surface area (Å²) in [5.41, 5.74) is 1.62. The molecule has 0 aliphatic carbocycles. The molecule has 0 bridgehead atoms. The van der Waals surface area contributed by atoms with Crippen molar-refractivity contribution in [1.29, 1.82) is 0 Å². The Morgan fingerprint density at radius 1 is 1.40 bits per heavy atom. The van der Waals surface area contributed by atoms with Crippen LogP contribution in [0.1, 0.15) is 16.2 Å². The summed E-state index contributed by atoms with van der Waals surface area (Å²) in [6.07, 6.45) is 0. The van der Waals surface area contributed by atoms with Crippen LogP contribution in [0.2, 0.25) is 0 Å². The van der Waals surface area contributed by atoms with E-state index in [4.69, 9.17) is 4.74 Å². The van der Waals surface area contributed by atoms with Crippen molar-refractivity contribution in [3.05, 3.63) is 29.6 Å². The summed E-state index contributed by atoms with van der Waals surface area (Å²) in [4.78, 5) is 16.3. The van der Waals surface area contributed by atoms with E-state index in [1.165, 1.54) is 11.3 Å². The van der Waals surface area contributed by atoms with E-state index in [0.717, 1.165) is 16.0 Å². The fourth-order valence-electron chi connectivity index (χ4n) is 1.74. The largest absolute Gasteiger partial charge is 0.497 e. The molecule has 0 radical (unpaired) electrons. The number of methoxy groups -OCH3 is 1. The lowest BCUT2D eigenvalue weighted by molar-refractivity contribution is 0.102. The zero-order chi connectivity index (χ0) is 14.1. The van der Waals surface area contributed by atoms with Crippen LogP contribution in [-0.4, -0.2) is 33.4 Å². The number of aromatic amines is 1. The summed E-state index contributed by atoms with van der Waals surface area (Å²) in [5, 5.41) is 13.3. The number of fused-ring (bicyclic) bond motifs is 1. The molecular weight excluding hydrogens is 278 g/mol. The molecule has 2 aromatic heterocycles. The average molecular weight is 289 g/mol. The van der Waals surface area contributed by atoms with Crippen LogP contribution < -0.4 is 10.1 Å². The van der Waals surface area contributed by atoms with E-state index in [0.29, 0.717) is 10.8 Å². The van der Waals surface area contributed by atoms with Gasteiger partial charge in [-0.05, 0) is 25.1 Å². The van der Waals surface area contributed by atoms with Gasteiger partial charge in [0.25, 0.3) is 5.91 Å². The van der Waals surface area contributed by atoms with Gasteiger partial charge in [0.1, 0.15) is 5.75 Å². The number of carbonyl (C=O) groups is 1. The van der Waals surface area contributed by atoms with Gasteiger partial charge in [0.05, 0.1) is 23.0 Å². The molecular formula is C12H11N5O2S. The van der Waals surface area contributed by atoms with Crippen LogP contribution in [0.4, 0.5) is 5.13 Å². The number of hydrogen-bond acceptors (Lipinski definition) is 6. The van der Waals surface area contributed by atoms with Crippen LogP contribution in [0, 0.1) is 6.92 Å². The highest BCUT2D eigenvalue weighted by Gasteiger charge is 2.15. The third-order valence-electron chi connectivity index (χ3n) is 2.75. The lowest BCUT2D eigenvalue weighted by atomic mass is 10.3. The van der Waals surface area contributed by atoms with Crippen molar-refractivity contribution in [2.45, 2.75) is 6.92 Å². The minimum atomic E-state index is -0.331. The number of nitrogens with zero attached hydrogens (tertiary/aromatic N) is 3. The first kappa shape index (κ1) is 12.5. The normalized spacial score (nSPS) is 10.7. The van der Waals surface area contributed by atoms with Crippen LogP contribution in [0.3, 0.4) is 0 Å². The number of aromatic nitrogens is 4. The Morgan fingerprint density at radius 2 is 2.25 bits per heavy atom. The van der Waals surface area contributed by atoms with E-state index >= 15 is 0 Å². The van der Waals surface area contributed by atoms with Gasteiger partial charge in [-0.1, -0.05) is 11.3 Å². The van der Waals surface area contributed by atoms with E-state index < -0.39 is 0 Å². The van der Waals surface area contributed by atoms with Gasteiger partial charge >= 0.3 is 0 Å². The Balaban J connectivity index is 1.88. The molecule has 102 valence electrons. The summed E-state index contributed by atoms with van der Waals surface area (Å²) in [6, 6.07) is 5.56. The molecule has 3 rings (SSSR count). The molecule has 0 fully saturated rings. The van der Waals surface area contributed by atoms with Gasteiger partial charge in [-0.25, -0.2) is 4.98 Å². The van der Waals surface area contributed by atoms with Gasteiger partial charge < -0.3 is 4.74 Å². The summed E-state index contributed by atoms with van der Waals surface area (Å²) in [6.45, 7) is 1.71. The molecule has 2 heterocycles. The van der Waals surface area contributed by atoms with Crippen molar-refractivity contribution >= 4 is 32.6 Å². The van der Waals surface area contributed by atoms with Gasteiger partial charge in [0.2, 0.25) is 0 Å². The van der Waals surface area contributed by atoms with Gasteiger partial charge in [0.15, 0.2) is 10.8 Å². The summed E-state index contributed by atoms with van der Waals surface area (Å²) >= 11 is 1.38. The highest BCUT2D eigenvalue weighted by Crippen LogP contribution is 2.29. The number of hydrogen-bond donors (Lipinski definition) is 2. The van der Waals surface area contributed by atoms with Crippen LogP contribution in [0.5, 0.6) is 5.75 Å². The maximum atomic E-state index is 12.0. The van der Waals surface area contributed by atoms with Crippen molar-refractivity contribution in [3.63, 3.8) is 0 Å². The minimum absolute atomic E-state index is 0.266. The van der Waals surface area contributed by atoms with Gasteiger partial charge in [0, 0.05) is 0 Å². The molecule has 7 nitrogen and oxygen atoms in total. The van der Waals surface area contributed by atoms with E-state index in [-0.39, 0.29) is 11.6 Å². The maximum absolute atomic E-state index is 12.0. The highest BCUT2D eigenvalue weighted by molar-refractivity contribution is 7.22. The number of ether oxygens (including phenoxy) is 1. The fourth-order valence-corrected chi connectivity index (χ4v) is 2.63. The molecule has 0 aliphatic rings. The first-order chi connectivity index (χ1) is 9.67. The molecule has 3 aromatic rings. The predicted molar refractivity (Wildman–Crippen MR) is 75.2 cm³/mol. The number of anilines is 1. The summed E-state index contributed by atoms with van der Waals surface area (Å²) in [7, 11) is 1.61. The third kappa shape index (κ3) is 2.21. The Hall–Kier alpha value is -2.48. The van der Waals surface area contributed by atoms with Crippen LogP contribution in [0.15, 0.2) is 18.2 Å². The van der Waals surface area contributed by atoms with Crippen molar-refractivity contribution in [2.75, 3.05) is 12.4 Å². The number of H-pyrrole nitrogens is 1. The number of thiazole rings is 1. The van der Waals surface area contributed by atoms with Crippen molar-refractivity contribution in [3.8, 4) is 5.75 Å². The number of amides is 1. The lowest BCUT2D eigenvalue weighted by Crippen LogP contribution is -2.13. The molecule has 0 saturated heterocycles. The molecule has 0 atom stereocenters.